The number of ether oxygens (including phenoxy) is 1. The fraction of sp³-hybridized carbons (Fsp3) is 0.462. The molecule has 0 spiro atoms. The molecule has 0 saturated carbocycles. The highest BCUT2D eigenvalue weighted by atomic mass is 35.5. The lowest BCUT2D eigenvalue weighted by molar-refractivity contribution is -0.121. The Morgan fingerprint density at radius 2 is 2.00 bits per heavy atom. The summed E-state index contributed by atoms with van der Waals surface area (Å²) in [5, 5.41) is 5.83. The van der Waals surface area contributed by atoms with Crippen LogP contribution in [-0.4, -0.2) is 33.2 Å². The summed E-state index contributed by atoms with van der Waals surface area (Å²) in [5.41, 5.74) is 1.07. The zero-order chi connectivity index (χ0) is 12.5. The van der Waals surface area contributed by atoms with E-state index in [-0.39, 0.29) is 18.3 Å². The maximum absolute atomic E-state index is 11.5. The number of halogens is 1. The van der Waals surface area contributed by atoms with Crippen molar-refractivity contribution in [2.75, 3.05) is 27.2 Å². The zero-order valence-corrected chi connectivity index (χ0v) is 11.7. The Morgan fingerprint density at radius 1 is 1.28 bits per heavy atom. The van der Waals surface area contributed by atoms with Crippen molar-refractivity contribution >= 4 is 18.3 Å². The van der Waals surface area contributed by atoms with E-state index in [0.717, 1.165) is 17.9 Å². The van der Waals surface area contributed by atoms with Crippen LogP contribution >= 0.6 is 12.4 Å². The van der Waals surface area contributed by atoms with Gasteiger partial charge in [-0.3, -0.25) is 4.79 Å². The molecular formula is C13H21ClN2O2. The Hall–Kier alpha value is -1.26. The summed E-state index contributed by atoms with van der Waals surface area (Å²) in [6, 6.07) is 7.78. The van der Waals surface area contributed by atoms with E-state index in [1.165, 1.54) is 0 Å². The van der Waals surface area contributed by atoms with E-state index in [1.807, 2.05) is 31.3 Å². The number of methoxy groups -OCH3 is 1. The lowest BCUT2D eigenvalue weighted by atomic mass is 10.1. The number of likely N-dealkylation sites (N-methyl/N-ethyl adjacent to an activating group) is 1. The van der Waals surface area contributed by atoms with Gasteiger partial charge in [-0.15, -0.1) is 12.4 Å². The maximum Gasteiger partial charge on any atom is 0.220 e. The van der Waals surface area contributed by atoms with Crippen LogP contribution in [0.4, 0.5) is 0 Å². The summed E-state index contributed by atoms with van der Waals surface area (Å²) in [5.74, 6) is 0.918. The molecule has 0 aliphatic carbocycles. The van der Waals surface area contributed by atoms with E-state index in [9.17, 15) is 4.79 Å². The normalized spacial score (nSPS) is 9.44. The largest absolute Gasteiger partial charge is 0.496 e. The average molecular weight is 273 g/mol. The number of rotatable bonds is 7. The van der Waals surface area contributed by atoms with Gasteiger partial charge in [-0.1, -0.05) is 18.2 Å². The number of benzene rings is 1. The summed E-state index contributed by atoms with van der Waals surface area (Å²) < 4.78 is 5.23. The maximum atomic E-state index is 11.5. The van der Waals surface area contributed by atoms with Crippen molar-refractivity contribution in [1.29, 1.82) is 0 Å². The van der Waals surface area contributed by atoms with Crippen LogP contribution in [0.2, 0.25) is 0 Å². The number of carbonyl (C=O) groups is 1. The molecule has 18 heavy (non-hydrogen) atoms. The molecule has 1 aromatic carbocycles. The summed E-state index contributed by atoms with van der Waals surface area (Å²) in [6.07, 6.45) is 1.19. The summed E-state index contributed by atoms with van der Waals surface area (Å²) in [4.78, 5) is 11.5. The van der Waals surface area contributed by atoms with Crippen LogP contribution in [0.15, 0.2) is 24.3 Å². The number of para-hydroxylation sites is 1. The van der Waals surface area contributed by atoms with Crippen LogP contribution in [0.5, 0.6) is 5.75 Å². The summed E-state index contributed by atoms with van der Waals surface area (Å²) in [6.45, 7) is 1.46. The molecule has 0 atom stereocenters. The molecule has 0 fully saturated rings. The van der Waals surface area contributed by atoms with Crippen molar-refractivity contribution < 1.29 is 9.53 Å². The second-order valence-corrected chi connectivity index (χ2v) is 3.77. The van der Waals surface area contributed by atoms with Gasteiger partial charge in [0.1, 0.15) is 5.75 Å². The second kappa shape index (κ2) is 9.74. The molecule has 0 aliphatic rings. The predicted molar refractivity (Wildman–Crippen MR) is 75.5 cm³/mol. The molecule has 0 aromatic heterocycles. The van der Waals surface area contributed by atoms with E-state index in [1.54, 1.807) is 7.11 Å². The fourth-order valence-electron chi connectivity index (χ4n) is 1.57. The first-order valence-corrected chi connectivity index (χ1v) is 5.81. The van der Waals surface area contributed by atoms with Crippen LogP contribution in [0, 0.1) is 0 Å². The molecule has 2 N–H and O–H groups in total. The minimum atomic E-state index is 0. The highest BCUT2D eigenvalue weighted by Gasteiger charge is 2.05. The van der Waals surface area contributed by atoms with Gasteiger partial charge in [0.15, 0.2) is 0 Å². The second-order valence-electron chi connectivity index (χ2n) is 3.77. The first-order chi connectivity index (χ1) is 8.27. The van der Waals surface area contributed by atoms with Crippen LogP contribution in [0.1, 0.15) is 12.0 Å². The smallest absolute Gasteiger partial charge is 0.220 e. The van der Waals surface area contributed by atoms with Gasteiger partial charge in [-0.05, 0) is 25.1 Å². The third-order valence-electron chi connectivity index (χ3n) is 2.51. The van der Waals surface area contributed by atoms with Crippen molar-refractivity contribution in [1.82, 2.24) is 10.6 Å². The van der Waals surface area contributed by atoms with Crippen molar-refractivity contribution in [3.8, 4) is 5.75 Å². The van der Waals surface area contributed by atoms with Crippen LogP contribution in [0.25, 0.3) is 0 Å². The number of hydrogen-bond acceptors (Lipinski definition) is 3. The monoisotopic (exact) mass is 272 g/mol. The standard InChI is InChI=1S/C13H20N2O2.ClH/c1-14-9-10-15-13(16)8-7-11-5-3-4-6-12(11)17-2;/h3-6,14H,7-10H2,1-2H3,(H,15,16);1H. The van der Waals surface area contributed by atoms with Crippen LogP contribution in [-0.2, 0) is 11.2 Å². The van der Waals surface area contributed by atoms with E-state index >= 15 is 0 Å². The van der Waals surface area contributed by atoms with Gasteiger partial charge in [0.2, 0.25) is 5.91 Å². The number of amides is 1. The molecule has 102 valence electrons. The summed E-state index contributed by atoms with van der Waals surface area (Å²) >= 11 is 0. The highest BCUT2D eigenvalue weighted by Crippen LogP contribution is 2.18. The Labute approximate surface area is 115 Å². The summed E-state index contributed by atoms with van der Waals surface area (Å²) in [7, 11) is 3.51. The highest BCUT2D eigenvalue weighted by molar-refractivity contribution is 5.85. The quantitative estimate of drug-likeness (QED) is 0.738. The molecule has 0 aliphatic heterocycles. The molecule has 1 amide bonds. The van der Waals surface area contributed by atoms with Crippen LogP contribution in [0.3, 0.4) is 0 Å². The SMILES string of the molecule is CNCCNC(=O)CCc1ccccc1OC.Cl. The van der Waals surface area contributed by atoms with Crippen molar-refractivity contribution in [3.05, 3.63) is 29.8 Å². The Bertz CT molecular complexity index is 359. The van der Waals surface area contributed by atoms with E-state index in [0.29, 0.717) is 19.4 Å². The molecule has 4 nitrogen and oxygen atoms in total. The first kappa shape index (κ1) is 16.7. The van der Waals surface area contributed by atoms with Gasteiger partial charge in [0, 0.05) is 19.5 Å². The lowest BCUT2D eigenvalue weighted by Crippen LogP contribution is -2.30. The number of hydrogen-bond donors (Lipinski definition) is 2. The van der Waals surface area contributed by atoms with E-state index in [4.69, 9.17) is 4.74 Å². The number of aryl methyl sites for hydroxylation is 1. The molecule has 0 saturated heterocycles. The van der Waals surface area contributed by atoms with Gasteiger partial charge in [-0.25, -0.2) is 0 Å². The topological polar surface area (TPSA) is 50.4 Å². The molecule has 0 radical (unpaired) electrons. The minimum absolute atomic E-state index is 0. The third kappa shape index (κ3) is 5.89. The molecule has 1 rings (SSSR count). The Balaban J connectivity index is 0.00000289. The van der Waals surface area contributed by atoms with Gasteiger partial charge in [0.25, 0.3) is 0 Å². The van der Waals surface area contributed by atoms with E-state index in [2.05, 4.69) is 10.6 Å². The fourth-order valence-corrected chi connectivity index (χ4v) is 1.57. The number of carbonyl (C=O) groups excluding carboxylic acids is 1. The van der Waals surface area contributed by atoms with Crippen molar-refractivity contribution in [3.63, 3.8) is 0 Å². The molecule has 0 unspecified atom stereocenters. The van der Waals surface area contributed by atoms with Gasteiger partial charge in [0.05, 0.1) is 7.11 Å². The average Bonchev–Trinajstić information content (AvgIpc) is 2.37. The van der Waals surface area contributed by atoms with Gasteiger partial charge >= 0.3 is 0 Å². The minimum Gasteiger partial charge on any atom is -0.496 e. The first-order valence-electron chi connectivity index (χ1n) is 5.81. The van der Waals surface area contributed by atoms with Gasteiger partial charge in [-0.2, -0.15) is 0 Å². The van der Waals surface area contributed by atoms with Crippen LogP contribution < -0.4 is 15.4 Å². The van der Waals surface area contributed by atoms with E-state index < -0.39 is 0 Å². The molecule has 0 heterocycles. The molecule has 1 aromatic rings. The zero-order valence-electron chi connectivity index (χ0n) is 10.9. The molecule has 5 heteroatoms. The van der Waals surface area contributed by atoms with Gasteiger partial charge < -0.3 is 15.4 Å². The van der Waals surface area contributed by atoms with Crippen molar-refractivity contribution in [2.45, 2.75) is 12.8 Å². The predicted octanol–water partition coefficient (Wildman–Crippen LogP) is 1.39. The Morgan fingerprint density at radius 3 is 2.67 bits per heavy atom. The molecular weight excluding hydrogens is 252 g/mol. The molecule has 0 bridgehead atoms. The Kier molecular flexibility index (Phi) is 9.06. The lowest BCUT2D eigenvalue weighted by Gasteiger charge is -2.08. The third-order valence-corrected chi connectivity index (χ3v) is 2.51. The van der Waals surface area contributed by atoms with Crippen molar-refractivity contribution in [2.24, 2.45) is 0 Å². The number of nitrogens with one attached hydrogen (secondary N) is 2.